The summed E-state index contributed by atoms with van der Waals surface area (Å²) >= 11 is 0. The highest BCUT2D eigenvalue weighted by molar-refractivity contribution is 7.89. The fourth-order valence-electron chi connectivity index (χ4n) is 4.57. The normalized spacial score (nSPS) is 17.7. The van der Waals surface area contributed by atoms with Gasteiger partial charge in [0, 0.05) is 23.7 Å². The number of carbonyl (C=O) groups is 1. The maximum absolute atomic E-state index is 13.2. The van der Waals surface area contributed by atoms with E-state index < -0.39 is 10.0 Å². The highest BCUT2D eigenvalue weighted by Crippen LogP contribution is 2.29. The van der Waals surface area contributed by atoms with Gasteiger partial charge in [0.1, 0.15) is 0 Å². The zero-order valence-corrected chi connectivity index (χ0v) is 18.2. The Kier molecular flexibility index (Phi) is 6.24. The molecule has 1 heterocycles. The Morgan fingerprint density at radius 3 is 2.50 bits per heavy atom. The average molecular weight is 432 g/mol. The fourth-order valence-corrected chi connectivity index (χ4v) is 6.27. The van der Waals surface area contributed by atoms with Crippen molar-refractivity contribution in [2.75, 3.05) is 11.9 Å². The third-order valence-corrected chi connectivity index (χ3v) is 8.25. The van der Waals surface area contributed by atoms with Gasteiger partial charge in [0.2, 0.25) is 15.9 Å². The first kappa shape index (κ1) is 21.1. The number of sulfonamides is 1. The monoisotopic (exact) mass is 431 g/mol. The molecule has 0 spiro atoms. The van der Waals surface area contributed by atoms with Crippen LogP contribution in [0.5, 0.6) is 0 Å². The summed E-state index contributed by atoms with van der Waals surface area (Å²) in [6.07, 6.45) is 8.99. The predicted molar refractivity (Wildman–Crippen MR) is 114 cm³/mol. The molecule has 1 N–H and O–H groups in total. The zero-order chi connectivity index (χ0) is 21.1. The highest BCUT2D eigenvalue weighted by Gasteiger charge is 2.31. The van der Waals surface area contributed by atoms with Crippen molar-refractivity contribution in [2.24, 2.45) is 0 Å². The van der Waals surface area contributed by atoms with Gasteiger partial charge in [-0.25, -0.2) is 8.42 Å². The summed E-state index contributed by atoms with van der Waals surface area (Å²) in [5.41, 5.74) is 2.27. The van der Waals surface area contributed by atoms with E-state index in [-0.39, 0.29) is 16.8 Å². The van der Waals surface area contributed by atoms with Crippen molar-refractivity contribution in [2.45, 2.75) is 75.6 Å². The predicted octanol–water partition coefficient (Wildman–Crippen LogP) is 4.15. The number of rotatable bonds is 6. The first-order chi connectivity index (χ1) is 14.5. The molecule has 0 bridgehead atoms. The first-order valence-corrected chi connectivity index (χ1v) is 12.4. The van der Waals surface area contributed by atoms with Crippen molar-refractivity contribution in [1.29, 1.82) is 0 Å². The van der Waals surface area contributed by atoms with Gasteiger partial charge < -0.3 is 4.52 Å². The number of anilines is 1. The molecule has 1 fully saturated rings. The van der Waals surface area contributed by atoms with Crippen molar-refractivity contribution >= 4 is 21.8 Å². The van der Waals surface area contributed by atoms with Crippen LogP contribution in [0.2, 0.25) is 0 Å². The van der Waals surface area contributed by atoms with Crippen LogP contribution in [0.15, 0.2) is 33.7 Å². The molecule has 8 heteroatoms. The van der Waals surface area contributed by atoms with Crippen LogP contribution in [-0.4, -0.2) is 36.4 Å². The van der Waals surface area contributed by atoms with E-state index in [1.165, 1.54) is 18.6 Å². The number of fused-ring (bicyclic) bond motifs is 1. The summed E-state index contributed by atoms with van der Waals surface area (Å²) in [6.45, 7) is 2.33. The molecule has 2 aliphatic rings. The number of carbonyl (C=O) groups excluding carboxylic acids is 1. The Morgan fingerprint density at radius 2 is 1.80 bits per heavy atom. The number of nitrogens with zero attached hydrogens (tertiary/aromatic N) is 2. The van der Waals surface area contributed by atoms with Crippen LogP contribution in [0.3, 0.4) is 0 Å². The summed E-state index contributed by atoms with van der Waals surface area (Å²) in [6, 6.07) is 6.21. The molecule has 0 unspecified atom stereocenters. The minimum atomic E-state index is -3.58. The van der Waals surface area contributed by atoms with Crippen LogP contribution < -0.4 is 5.32 Å². The van der Waals surface area contributed by atoms with E-state index in [0.29, 0.717) is 18.0 Å². The van der Waals surface area contributed by atoms with Crippen LogP contribution in [0, 0.1) is 0 Å². The highest BCUT2D eigenvalue weighted by atomic mass is 32.2. The summed E-state index contributed by atoms with van der Waals surface area (Å²) in [4.78, 5) is 12.9. The zero-order valence-electron chi connectivity index (χ0n) is 17.4. The van der Waals surface area contributed by atoms with E-state index in [1.54, 1.807) is 16.4 Å². The second kappa shape index (κ2) is 8.89. The van der Waals surface area contributed by atoms with Gasteiger partial charge in [-0.2, -0.15) is 4.31 Å². The summed E-state index contributed by atoms with van der Waals surface area (Å²) in [7, 11) is -3.58. The van der Waals surface area contributed by atoms with Gasteiger partial charge in [0.15, 0.2) is 0 Å². The van der Waals surface area contributed by atoms with Crippen molar-refractivity contribution < 1.29 is 17.7 Å². The smallest absolute Gasteiger partial charge is 0.258 e. The molecular weight excluding hydrogens is 402 g/mol. The van der Waals surface area contributed by atoms with E-state index in [1.807, 2.05) is 6.92 Å². The number of hydrogen-bond acceptors (Lipinski definition) is 5. The lowest BCUT2D eigenvalue weighted by Gasteiger charge is -2.32. The number of aryl methyl sites for hydroxylation is 1. The Bertz CT molecular complexity index is 992. The molecule has 2 aliphatic carbocycles. The molecule has 1 amide bonds. The molecule has 0 saturated heterocycles. The summed E-state index contributed by atoms with van der Waals surface area (Å²) < 4.78 is 33.3. The SMILES string of the molecule is CCN(C1CCCCC1)S(=O)(=O)c1ccc(C(=O)Nc2onc3c2CCCC3)cc1. The largest absolute Gasteiger partial charge is 0.338 e. The van der Waals surface area contributed by atoms with Crippen LogP contribution in [0.1, 0.15) is 73.5 Å². The topological polar surface area (TPSA) is 92.5 Å². The van der Waals surface area contributed by atoms with Gasteiger partial charge in [0.25, 0.3) is 5.91 Å². The van der Waals surface area contributed by atoms with Crippen LogP contribution in [0.25, 0.3) is 0 Å². The average Bonchev–Trinajstić information content (AvgIpc) is 3.18. The molecule has 30 heavy (non-hydrogen) atoms. The lowest BCUT2D eigenvalue weighted by atomic mass is 9.95. The van der Waals surface area contributed by atoms with E-state index in [9.17, 15) is 13.2 Å². The molecule has 0 radical (unpaired) electrons. The number of benzene rings is 1. The Hall–Kier alpha value is -2.19. The van der Waals surface area contributed by atoms with Crippen LogP contribution >= 0.6 is 0 Å². The molecular formula is C22H29N3O4S. The molecule has 1 aromatic heterocycles. The molecule has 4 rings (SSSR count). The van der Waals surface area contributed by atoms with Crippen molar-refractivity contribution in [3.05, 3.63) is 41.1 Å². The third kappa shape index (κ3) is 4.16. The molecule has 0 atom stereocenters. The van der Waals surface area contributed by atoms with E-state index in [4.69, 9.17) is 4.52 Å². The first-order valence-electron chi connectivity index (χ1n) is 10.9. The van der Waals surface area contributed by atoms with Gasteiger partial charge >= 0.3 is 0 Å². The molecule has 162 valence electrons. The Morgan fingerprint density at radius 1 is 1.10 bits per heavy atom. The second-order valence-electron chi connectivity index (χ2n) is 8.12. The van der Waals surface area contributed by atoms with E-state index >= 15 is 0 Å². The Balaban J connectivity index is 1.49. The minimum absolute atomic E-state index is 0.0642. The molecule has 1 saturated carbocycles. The van der Waals surface area contributed by atoms with Crippen LogP contribution in [-0.2, 0) is 22.9 Å². The maximum Gasteiger partial charge on any atom is 0.258 e. The number of amides is 1. The maximum atomic E-state index is 13.2. The minimum Gasteiger partial charge on any atom is -0.338 e. The van der Waals surface area contributed by atoms with Gasteiger partial charge in [-0.1, -0.05) is 31.3 Å². The van der Waals surface area contributed by atoms with Crippen molar-refractivity contribution in [3.8, 4) is 0 Å². The van der Waals surface area contributed by atoms with Gasteiger partial charge in [-0.15, -0.1) is 0 Å². The van der Waals surface area contributed by atoms with E-state index in [0.717, 1.165) is 62.6 Å². The molecule has 1 aromatic carbocycles. The van der Waals surface area contributed by atoms with Gasteiger partial charge in [0.05, 0.1) is 10.6 Å². The second-order valence-corrected chi connectivity index (χ2v) is 10.0. The standard InChI is InChI=1S/C22H29N3O4S/c1-2-25(17-8-4-3-5-9-17)30(27,28)18-14-12-16(13-15-18)21(26)23-22-19-10-6-7-11-20(19)24-29-22/h12-15,17H,2-11H2,1H3,(H,23,26). The number of hydrogen-bond donors (Lipinski definition) is 1. The lowest BCUT2D eigenvalue weighted by Crippen LogP contribution is -2.41. The summed E-state index contributed by atoms with van der Waals surface area (Å²) in [5.74, 6) is 0.0731. The molecule has 0 aliphatic heterocycles. The van der Waals surface area contributed by atoms with Crippen molar-refractivity contribution in [3.63, 3.8) is 0 Å². The van der Waals surface area contributed by atoms with Crippen LogP contribution in [0.4, 0.5) is 5.88 Å². The van der Waals surface area contributed by atoms with Gasteiger partial charge in [-0.3, -0.25) is 10.1 Å². The quantitative estimate of drug-likeness (QED) is 0.742. The number of nitrogens with one attached hydrogen (secondary N) is 1. The molecule has 2 aromatic rings. The number of aromatic nitrogens is 1. The van der Waals surface area contributed by atoms with E-state index in [2.05, 4.69) is 10.5 Å². The van der Waals surface area contributed by atoms with Gasteiger partial charge in [-0.05, 0) is 62.8 Å². The molecule has 7 nitrogen and oxygen atoms in total. The fraction of sp³-hybridized carbons (Fsp3) is 0.545. The third-order valence-electron chi connectivity index (χ3n) is 6.20. The van der Waals surface area contributed by atoms with Crippen molar-refractivity contribution in [1.82, 2.24) is 9.46 Å². The Labute approximate surface area is 177 Å². The summed E-state index contributed by atoms with van der Waals surface area (Å²) in [5, 5.41) is 6.83. The lowest BCUT2D eigenvalue weighted by molar-refractivity contribution is 0.102.